The van der Waals surface area contributed by atoms with E-state index in [4.69, 9.17) is 0 Å². The SMILES string of the molecule is O=C(Cn1cc(Br)ccc1=O)C1CCCC1. The van der Waals surface area contributed by atoms with Gasteiger partial charge in [0.15, 0.2) is 5.78 Å². The Morgan fingerprint density at radius 3 is 2.75 bits per heavy atom. The van der Waals surface area contributed by atoms with Gasteiger partial charge in [0.05, 0.1) is 6.54 Å². The molecule has 2 rings (SSSR count). The number of halogens is 1. The van der Waals surface area contributed by atoms with Crippen LogP contribution in [0.2, 0.25) is 0 Å². The highest BCUT2D eigenvalue weighted by Crippen LogP contribution is 2.25. The van der Waals surface area contributed by atoms with Gasteiger partial charge in [-0.25, -0.2) is 0 Å². The molecule has 0 aromatic carbocycles. The van der Waals surface area contributed by atoms with Gasteiger partial charge in [-0.1, -0.05) is 12.8 Å². The van der Waals surface area contributed by atoms with Crippen LogP contribution in [0.25, 0.3) is 0 Å². The fraction of sp³-hybridized carbons (Fsp3) is 0.500. The van der Waals surface area contributed by atoms with Gasteiger partial charge in [0.1, 0.15) is 0 Å². The second-order valence-electron chi connectivity index (χ2n) is 4.26. The van der Waals surface area contributed by atoms with Crippen LogP contribution in [0, 0.1) is 5.92 Å². The molecule has 0 atom stereocenters. The van der Waals surface area contributed by atoms with E-state index in [0.29, 0.717) is 0 Å². The van der Waals surface area contributed by atoms with Crippen LogP contribution in [0.3, 0.4) is 0 Å². The molecule has 1 aromatic heterocycles. The highest BCUT2D eigenvalue weighted by Gasteiger charge is 2.22. The van der Waals surface area contributed by atoms with Gasteiger partial charge in [-0.3, -0.25) is 9.59 Å². The minimum absolute atomic E-state index is 0.116. The van der Waals surface area contributed by atoms with Crippen molar-refractivity contribution in [2.24, 2.45) is 5.92 Å². The van der Waals surface area contributed by atoms with Crippen LogP contribution >= 0.6 is 15.9 Å². The molecular formula is C12H14BrNO2. The fourth-order valence-electron chi connectivity index (χ4n) is 2.17. The van der Waals surface area contributed by atoms with Crippen LogP contribution in [-0.2, 0) is 11.3 Å². The zero-order valence-electron chi connectivity index (χ0n) is 8.99. The molecule has 1 heterocycles. The maximum atomic E-state index is 11.9. The Kier molecular flexibility index (Phi) is 3.59. The molecule has 0 spiro atoms. The molecule has 86 valence electrons. The van der Waals surface area contributed by atoms with Crippen molar-refractivity contribution in [2.75, 3.05) is 0 Å². The van der Waals surface area contributed by atoms with Crippen LogP contribution in [0.15, 0.2) is 27.6 Å². The summed E-state index contributed by atoms with van der Waals surface area (Å²) < 4.78 is 2.30. The molecule has 0 amide bonds. The van der Waals surface area contributed by atoms with Crippen molar-refractivity contribution in [1.82, 2.24) is 4.57 Å². The lowest BCUT2D eigenvalue weighted by Gasteiger charge is -2.09. The first kappa shape index (κ1) is 11.6. The summed E-state index contributed by atoms with van der Waals surface area (Å²) in [5, 5.41) is 0. The van der Waals surface area contributed by atoms with Gasteiger partial charge in [-0.2, -0.15) is 0 Å². The van der Waals surface area contributed by atoms with Crippen LogP contribution in [0.1, 0.15) is 25.7 Å². The predicted octanol–water partition coefficient (Wildman–Crippen LogP) is 2.37. The molecular weight excluding hydrogens is 270 g/mol. The molecule has 1 aliphatic rings. The smallest absolute Gasteiger partial charge is 0.250 e. The molecule has 0 bridgehead atoms. The Morgan fingerprint density at radius 1 is 1.38 bits per heavy atom. The highest BCUT2D eigenvalue weighted by atomic mass is 79.9. The number of carbonyl (C=O) groups excluding carboxylic acids is 1. The topological polar surface area (TPSA) is 39.1 Å². The van der Waals surface area contributed by atoms with Crippen molar-refractivity contribution >= 4 is 21.7 Å². The van der Waals surface area contributed by atoms with E-state index in [1.54, 1.807) is 12.3 Å². The normalized spacial score (nSPS) is 16.6. The Hall–Kier alpha value is -0.900. The number of pyridine rings is 1. The van der Waals surface area contributed by atoms with Crippen LogP contribution in [0.5, 0.6) is 0 Å². The largest absolute Gasteiger partial charge is 0.307 e. The van der Waals surface area contributed by atoms with E-state index >= 15 is 0 Å². The third-order valence-electron chi connectivity index (χ3n) is 3.08. The second-order valence-corrected chi connectivity index (χ2v) is 5.18. The zero-order valence-corrected chi connectivity index (χ0v) is 10.6. The third-order valence-corrected chi connectivity index (χ3v) is 3.55. The van der Waals surface area contributed by atoms with Gasteiger partial charge in [0.2, 0.25) is 0 Å². The van der Waals surface area contributed by atoms with E-state index in [1.807, 2.05) is 0 Å². The lowest BCUT2D eigenvalue weighted by Crippen LogP contribution is -2.26. The minimum atomic E-state index is -0.116. The standard InChI is InChI=1S/C12H14BrNO2/c13-10-5-6-12(16)14(7-10)8-11(15)9-3-1-2-4-9/h5-7,9H,1-4,8H2. The fourth-order valence-corrected chi connectivity index (χ4v) is 2.55. The quantitative estimate of drug-likeness (QED) is 0.854. The van der Waals surface area contributed by atoms with Crippen LogP contribution in [0.4, 0.5) is 0 Å². The summed E-state index contributed by atoms with van der Waals surface area (Å²) in [6, 6.07) is 3.17. The molecule has 0 N–H and O–H groups in total. The maximum Gasteiger partial charge on any atom is 0.250 e. The molecule has 3 nitrogen and oxygen atoms in total. The average molecular weight is 284 g/mol. The number of hydrogen-bond donors (Lipinski definition) is 0. The number of rotatable bonds is 3. The first-order valence-corrected chi connectivity index (χ1v) is 6.35. The molecule has 0 aliphatic heterocycles. The van der Waals surface area contributed by atoms with Crippen molar-refractivity contribution in [2.45, 2.75) is 32.2 Å². The summed E-state index contributed by atoms with van der Waals surface area (Å²) in [7, 11) is 0. The Balaban J connectivity index is 2.11. The number of carbonyl (C=O) groups is 1. The van der Waals surface area contributed by atoms with Gasteiger partial charge < -0.3 is 4.57 Å². The highest BCUT2D eigenvalue weighted by molar-refractivity contribution is 9.10. The van der Waals surface area contributed by atoms with E-state index in [-0.39, 0.29) is 23.8 Å². The summed E-state index contributed by atoms with van der Waals surface area (Å²) in [6.45, 7) is 0.211. The van der Waals surface area contributed by atoms with Gasteiger partial charge in [-0.15, -0.1) is 0 Å². The maximum absolute atomic E-state index is 11.9. The lowest BCUT2D eigenvalue weighted by molar-refractivity contribution is -0.123. The van der Waals surface area contributed by atoms with Crippen molar-refractivity contribution < 1.29 is 4.79 Å². The van der Waals surface area contributed by atoms with Gasteiger partial charge >= 0.3 is 0 Å². The second kappa shape index (κ2) is 4.95. The molecule has 1 aliphatic carbocycles. The number of nitrogens with zero attached hydrogens (tertiary/aromatic N) is 1. The molecule has 16 heavy (non-hydrogen) atoms. The van der Waals surface area contributed by atoms with E-state index in [0.717, 1.165) is 30.2 Å². The summed E-state index contributed by atoms with van der Waals surface area (Å²) in [6.07, 6.45) is 5.94. The third kappa shape index (κ3) is 2.61. The first-order valence-electron chi connectivity index (χ1n) is 5.55. The molecule has 1 fully saturated rings. The number of Topliss-reactive ketones (excluding diaryl/α,β-unsaturated/α-hetero) is 1. The first-order chi connectivity index (χ1) is 7.66. The lowest BCUT2D eigenvalue weighted by atomic mass is 10.0. The summed E-state index contributed by atoms with van der Waals surface area (Å²) >= 11 is 3.30. The minimum Gasteiger partial charge on any atom is -0.307 e. The number of aromatic nitrogens is 1. The van der Waals surface area contributed by atoms with Crippen molar-refractivity contribution in [3.05, 3.63) is 33.2 Å². The summed E-state index contributed by atoms with van der Waals surface area (Å²) in [5.74, 6) is 0.364. The molecule has 1 aromatic rings. The van der Waals surface area contributed by atoms with E-state index in [9.17, 15) is 9.59 Å². The molecule has 0 saturated heterocycles. The van der Waals surface area contributed by atoms with Crippen LogP contribution < -0.4 is 5.56 Å². The van der Waals surface area contributed by atoms with E-state index in [2.05, 4.69) is 15.9 Å². The van der Waals surface area contributed by atoms with E-state index < -0.39 is 0 Å². The van der Waals surface area contributed by atoms with Gasteiger partial charge in [0.25, 0.3) is 5.56 Å². The van der Waals surface area contributed by atoms with Crippen molar-refractivity contribution in [1.29, 1.82) is 0 Å². The Labute approximate surface area is 103 Å². The van der Waals surface area contributed by atoms with Crippen molar-refractivity contribution in [3.8, 4) is 0 Å². The number of ketones is 1. The van der Waals surface area contributed by atoms with Crippen LogP contribution in [-0.4, -0.2) is 10.4 Å². The molecule has 0 unspecified atom stereocenters. The van der Waals surface area contributed by atoms with E-state index in [1.165, 1.54) is 10.6 Å². The van der Waals surface area contributed by atoms with Gasteiger partial charge in [0, 0.05) is 22.7 Å². The monoisotopic (exact) mass is 283 g/mol. The Morgan fingerprint density at radius 2 is 2.06 bits per heavy atom. The van der Waals surface area contributed by atoms with Gasteiger partial charge in [-0.05, 0) is 34.8 Å². The molecule has 4 heteroatoms. The number of hydrogen-bond acceptors (Lipinski definition) is 2. The predicted molar refractivity (Wildman–Crippen MR) is 65.4 cm³/mol. The zero-order chi connectivity index (χ0) is 11.5. The molecule has 1 saturated carbocycles. The molecule has 0 radical (unpaired) electrons. The summed E-state index contributed by atoms with van der Waals surface area (Å²) in [5.41, 5.74) is -0.116. The summed E-state index contributed by atoms with van der Waals surface area (Å²) in [4.78, 5) is 23.4. The van der Waals surface area contributed by atoms with Crippen molar-refractivity contribution in [3.63, 3.8) is 0 Å². The average Bonchev–Trinajstić information content (AvgIpc) is 2.76. The Bertz CT molecular complexity index is 447.